The van der Waals surface area contributed by atoms with E-state index in [1.165, 1.54) is 11.3 Å². The average molecular weight is 284 g/mol. The fourth-order valence-electron chi connectivity index (χ4n) is 1.42. The predicted octanol–water partition coefficient (Wildman–Crippen LogP) is 0.846. The molecule has 0 aromatic carbocycles. The van der Waals surface area contributed by atoms with Gasteiger partial charge < -0.3 is 15.7 Å². The van der Waals surface area contributed by atoms with Crippen molar-refractivity contribution in [2.24, 2.45) is 0 Å². The molecule has 2 atom stereocenters. The Labute approximate surface area is 114 Å². The number of rotatable bonds is 6. The third-order valence-corrected chi connectivity index (χ3v) is 3.22. The lowest BCUT2D eigenvalue weighted by atomic mass is 10.2. The van der Waals surface area contributed by atoms with E-state index in [1.807, 2.05) is 0 Å². The van der Waals surface area contributed by atoms with Crippen LogP contribution in [0.3, 0.4) is 0 Å². The Morgan fingerprint density at radius 3 is 2.53 bits per heavy atom. The number of carbonyl (C=O) groups excluding carboxylic acids is 2. The van der Waals surface area contributed by atoms with Crippen LogP contribution in [-0.2, 0) is 9.59 Å². The number of carboxylic acids is 1. The van der Waals surface area contributed by atoms with E-state index >= 15 is 0 Å². The maximum absolute atomic E-state index is 11.7. The predicted molar refractivity (Wildman–Crippen MR) is 71.1 cm³/mol. The monoisotopic (exact) mass is 284 g/mol. The number of carbonyl (C=O) groups is 3. The highest BCUT2D eigenvalue weighted by Gasteiger charge is 2.19. The molecule has 0 saturated carbocycles. The smallest absolute Gasteiger partial charge is 0.305 e. The first-order valence-electron chi connectivity index (χ1n) is 5.76. The number of hydrogen-bond donors (Lipinski definition) is 3. The first kappa shape index (κ1) is 15.2. The van der Waals surface area contributed by atoms with Gasteiger partial charge in [0.05, 0.1) is 11.3 Å². The van der Waals surface area contributed by atoms with Crippen LogP contribution in [0, 0.1) is 0 Å². The lowest BCUT2D eigenvalue weighted by Gasteiger charge is -2.17. The van der Waals surface area contributed by atoms with Crippen LogP contribution in [-0.4, -0.2) is 35.0 Å². The van der Waals surface area contributed by atoms with Crippen LogP contribution in [0.4, 0.5) is 0 Å². The van der Waals surface area contributed by atoms with Crippen molar-refractivity contribution in [3.05, 3.63) is 22.4 Å². The number of amides is 2. The molecule has 0 aliphatic heterocycles. The molecule has 3 N–H and O–H groups in total. The van der Waals surface area contributed by atoms with Crippen molar-refractivity contribution >= 4 is 29.1 Å². The normalized spacial score (nSPS) is 13.4. The Hall–Kier alpha value is -1.89. The molecule has 6 nitrogen and oxygen atoms in total. The van der Waals surface area contributed by atoms with Crippen LogP contribution in [0.5, 0.6) is 0 Å². The summed E-state index contributed by atoms with van der Waals surface area (Å²) in [6.07, 6.45) is -0.155. The number of carboxylic acid groups (broad SMARTS) is 1. The van der Waals surface area contributed by atoms with Gasteiger partial charge in [-0.1, -0.05) is 6.07 Å². The van der Waals surface area contributed by atoms with Crippen molar-refractivity contribution in [3.63, 3.8) is 0 Å². The molecule has 0 aliphatic rings. The van der Waals surface area contributed by atoms with Crippen LogP contribution in [0.15, 0.2) is 17.5 Å². The van der Waals surface area contributed by atoms with Gasteiger partial charge in [-0.15, -0.1) is 11.3 Å². The summed E-state index contributed by atoms with van der Waals surface area (Å²) in [6.45, 7) is 3.15. The molecule has 2 unspecified atom stereocenters. The molecule has 0 radical (unpaired) electrons. The largest absolute Gasteiger partial charge is 0.481 e. The summed E-state index contributed by atoms with van der Waals surface area (Å²) in [6, 6.07) is 2.22. The fraction of sp³-hybridized carbons (Fsp3) is 0.417. The third-order valence-electron chi connectivity index (χ3n) is 2.36. The maximum atomic E-state index is 11.7. The zero-order valence-electron chi connectivity index (χ0n) is 10.7. The lowest BCUT2D eigenvalue weighted by Crippen LogP contribution is -2.47. The summed E-state index contributed by atoms with van der Waals surface area (Å²) in [5, 5.41) is 15.4. The molecular formula is C12H16N2O4S. The lowest BCUT2D eigenvalue weighted by molar-refractivity contribution is -0.137. The highest BCUT2D eigenvalue weighted by Crippen LogP contribution is 2.08. The summed E-state index contributed by atoms with van der Waals surface area (Å²) in [4.78, 5) is 34.4. The molecular weight excluding hydrogens is 268 g/mol. The Kier molecular flexibility index (Phi) is 5.50. The summed E-state index contributed by atoms with van der Waals surface area (Å²) in [5.41, 5.74) is 0. The van der Waals surface area contributed by atoms with E-state index in [1.54, 1.807) is 31.4 Å². The van der Waals surface area contributed by atoms with E-state index in [-0.39, 0.29) is 12.3 Å². The molecule has 0 fully saturated rings. The van der Waals surface area contributed by atoms with Gasteiger partial charge in [0.25, 0.3) is 5.91 Å². The van der Waals surface area contributed by atoms with Crippen LogP contribution in [0.25, 0.3) is 0 Å². The summed E-state index contributed by atoms with van der Waals surface area (Å²) in [5.74, 6) is -1.70. The molecule has 0 aliphatic carbocycles. The van der Waals surface area contributed by atoms with Crippen molar-refractivity contribution in [2.75, 3.05) is 0 Å². The summed E-state index contributed by atoms with van der Waals surface area (Å²) < 4.78 is 0. The Morgan fingerprint density at radius 2 is 2.00 bits per heavy atom. The van der Waals surface area contributed by atoms with Gasteiger partial charge in [0.1, 0.15) is 6.04 Å². The highest BCUT2D eigenvalue weighted by molar-refractivity contribution is 7.12. The SMILES string of the molecule is CC(CC(=O)O)NC(=O)C(C)NC(=O)c1cccs1. The Morgan fingerprint density at radius 1 is 1.32 bits per heavy atom. The van der Waals surface area contributed by atoms with Gasteiger partial charge in [-0.05, 0) is 25.3 Å². The van der Waals surface area contributed by atoms with Crippen molar-refractivity contribution in [1.82, 2.24) is 10.6 Å². The first-order chi connectivity index (χ1) is 8.90. The Bertz CT molecular complexity index is 458. The number of thiophene rings is 1. The fourth-order valence-corrected chi connectivity index (χ4v) is 2.05. The van der Waals surface area contributed by atoms with Crippen LogP contribution in [0.1, 0.15) is 29.9 Å². The zero-order valence-corrected chi connectivity index (χ0v) is 11.5. The number of hydrogen-bond acceptors (Lipinski definition) is 4. The van der Waals surface area contributed by atoms with Gasteiger partial charge in [-0.2, -0.15) is 0 Å². The molecule has 2 amide bonds. The first-order valence-corrected chi connectivity index (χ1v) is 6.64. The number of nitrogens with one attached hydrogen (secondary N) is 2. The van der Waals surface area contributed by atoms with E-state index < -0.39 is 24.0 Å². The van der Waals surface area contributed by atoms with Crippen molar-refractivity contribution in [2.45, 2.75) is 32.4 Å². The molecule has 1 rings (SSSR count). The average Bonchev–Trinajstić information content (AvgIpc) is 2.80. The van der Waals surface area contributed by atoms with E-state index in [0.29, 0.717) is 4.88 Å². The van der Waals surface area contributed by atoms with E-state index in [2.05, 4.69) is 10.6 Å². The minimum atomic E-state index is -0.983. The molecule has 0 saturated heterocycles. The second-order valence-corrected chi connectivity index (χ2v) is 5.13. The quantitative estimate of drug-likeness (QED) is 0.721. The topological polar surface area (TPSA) is 95.5 Å². The van der Waals surface area contributed by atoms with E-state index in [4.69, 9.17) is 5.11 Å². The van der Waals surface area contributed by atoms with Gasteiger partial charge in [0.15, 0.2) is 0 Å². The molecule has 1 aromatic heterocycles. The molecule has 7 heteroatoms. The van der Waals surface area contributed by atoms with Crippen molar-refractivity contribution < 1.29 is 19.5 Å². The minimum Gasteiger partial charge on any atom is -0.481 e. The molecule has 1 aromatic rings. The van der Waals surface area contributed by atoms with Crippen molar-refractivity contribution in [1.29, 1.82) is 0 Å². The summed E-state index contributed by atoms with van der Waals surface area (Å²) in [7, 11) is 0. The van der Waals surface area contributed by atoms with Crippen LogP contribution < -0.4 is 10.6 Å². The standard InChI is InChI=1S/C12H16N2O4S/c1-7(6-10(15)16)13-11(17)8(2)14-12(18)9-4-3-5-19-9/h3-5,7-8H,6H2,1-2H3,(H,13,17)(H,14,18)(H,15,16). The van der Waals surface area contributed by atoms with Gasteiger partial charge in [0.2, 0.25) is 5.91 Å². The molecule has 19 heavy (non-hydrogen) atoms. The van der Waals surface area contributed by atoms with Gasteiger partial charge in [-0.3, -0.25) is 14.4 Å². The van der Waals surface area contributed by atoms with Crippen LogP contribution in [0.2, 0.25) is 0 Å². The van der Waals surface area contributed by atoms with E-state index in [0.717, 1.165) is 0 Å². The van der Waals surface area contributed by atoms with E-state index in [9.17, 15) is 14.4 Å². The Balaban J connectivity index is 2.44. The maximum Gasteiger partial charge on any atom is 0.305 e. The molecule has 0 spiro atoms. The molecule has 0 bridgehead atoms. The third kappa shape index (κ3) is 5.09. The zero-order chi connectivity index (χ0) is 14.4. The molecule has 104 valence electrons. The second kappa shape index (κ2) is 6.89. The minimum absolute atomic E-state index is 0.155. The van der Waals surface area contributed by atoms with Gasteiger partial charge in [0, 0.05) is 6.04 Å². The van der Waals surface area contributed by atoms with Crippen molar-refractivity contribution in [3.8, 4) is 0 Å². The van der Waals surface area contributed by atoms with Gasteiger partial charge >= 0.3 is 5.97 Å². The number of aliphatic carboxylic acids is 1. The highest BCUT2D eigenvalue weighted by atomic mass is 32.1. The molecule has 1 heterocycles. The van der Waals surface area contributed by atoms with Gasteiger partial charge in [-0.25, -0.2) is 0 Å². The van der Waals surface area contributed by atoms with Crippen LogP contribution >= 0.6 is 11.3 Å². The summed E-state index contributed by atoms with van der Waals surface area (Å²) >= 11 is 1.29. The second-order valence-electron chi connectivity index (χ2n) is 4.18.